The van der Waals surface area contributed by atoms with Crippen LogP contribution in [0.5, 0.6) is 0 Å². The van der Waals surface area contributed by atoms with Crippen molar-refractivity contribution in [3.8, 4) is 0 Å². The topological polar surface area (TPSA) is 14.1 Å². The van der Waals surface area contributed by atoms with E-state index in [1.165, 1.54) is 0 Å². The van der Waals surface area contributed by atoms with Crippen molar-refractivity contribution in [1.29, 1.82) is 0 Å². The van der Waals surface area contributed by atoms with E-state index < -0.39 is 0 Å². The fraction of sp³-hybridized carbons (Fsp3) is 0.333. The number of benzene rings is 1. The van der Waals surface area contributed by atoms with Crippen LogP contribution in [0, 0.1) is 0 Å². The third-order valence-electron chi connectivity index (χ3n) is 1.01. The van der Waals surface area contributed by atoms with E-state index in [1.54, 1.807) is 7.05 Å². The van der Waals surface area contributed by atoms with E-state index >= 15 is 0 Å². The van der Waals surface area contributed by atoms with Gasteiger partial charge >= 0.3 is 28.4 Å². The molecule has 0 atom stereocenters. The third-order valence-corrected chi connectivity index (χ3v) is 1.01. The Hall–Kier alpha value is -0.344. The molecule has 0 saturated heterocycles. The molecule has 0 bridgehead atoms. The molecule has 0 heterocycles. The Balaban J connectivity index is 0.000000292. The third kappa shape index (κ3) is 6.07. The average Bonchev–Trinajstić information content (AvgIpc) is 2.08. The molecular formula is C9H14GaN. The average molecular weight is 206 g/mol. The van der Waals surface area contributed by atoms with Crippen LogP contribution in [0.1, 0.15) is 0 Å². The van der Waals surface area contributed by atoms with E-state index in [4.69, 9.17) is 0 Å². The monoisotopic (exact) mass is 205 g/mol. The summed E-state index contributed by atoms with van der Waals surface area (Å²) in [6.07, 6.45) is 0. The van der Waals surface area contributed by atoms with Crippen LogP contribution in [0.2, 0.25) is 11.0 Å². The number of hydrogen-bond donors (Lipinski definition) is 0. The second-order valence-corrected chi connectivity index (χ2v) is 4.56. The van der Waals surface area contributed by atoms with Gasteiger partial charge in [-0.1, -0.05) is 30.3 Å². The predicted molar refractivity (Wildman–Crippen MR) is 52.9 cm³/mol. The molecule has 0 N–H and O–H groups in total. The van der Waals surface area contributed by atoms with Crippen LogP contribution >= 0.6 is 0 Å². The maximum absolute atomic E-state index is 3.97. The summed E-state index contributed by atoms with van der Waals surface area (Å²) >= 11 is 0.312. The van der Waals surface area contributed by atoms with Crippen molar-refractivity contribution in [2.75, 3.05) is 7.05 Å². The van der Waals surface area contributed by atoms with Crippen LogP contribution in [0.25, 0.3) is 5.32 Å². The number of hydrogen-bond acceptors (Lipinski definition) is 0. The molecule has 0 aliphatic heterocycles. The van der Waals surface area contributed by atoms with Crippen LogP contribution in [0.15, 0.2) is 30.3 Å². The number of nitrogens with zero attached hydrogens (tertiary/aromatic N) is 1. The molecule has 0 radical (unpaired) electrons. The standard InChI is InChI=1S/C7H8N.2CH3.Ga/c1-8-7-5-3-2-4-6-7;;;/h2-6H,1H3;2*1H3;/q-1;;;+1. The van der Waals surface area contributed by atoms with E-state index in [1.807, 2.05) is 30.3 Å². The molecule has 2 heteroatoms. The first-order valence-corrected chi connectivity index (χ1v) is 8.58. The van der Waals surface area contributed by atoms with Gasteiger partial charge in [0.25, 0.3) is 0 Å². The zero-order valence-electron chi connectivity index (χ0n) is 7.41. The van der Waals surface area contributed by atoms with E-state index in [9.17, 15) is 0 Å². The zero-order chi connectivity index (χ0) is 8.53. The van der Waals surface area contributed by atoms with Crippen molar-refractivity contribution in [3.05, 3.63) is 35.6 Å². The second kappa shape index (κ2) is 7.76. The molecule has 0 spiro atoms. The van der Waals surface area contributed by atoms with Gasteiger partial charge in [-0.3, -0.25) is 0 Å². The van der Waals surface area contributed by atoms with Crippen molar-refractivity contribution in [1.82, 2.24) is 0 Å². The Morgan fingerprint density at radius 1 is 1.09 bits per heavy atom. The molecule has 0 aliphatic rings. The Morgan fingerprint density at radius 2 is 1.55 bits per heavy atom. The molecule has 11 heavy (non-hydrogen) atoms. The molecule has 0 unspecified atom stereocenters. The van der Waals surface area contributed by atoms with Crippen LogP contribution in [0.3, 0.4) is 0 Å². The summed E-state index contributed by atoms with van der Waals surface area (Å²) in [5.41, 5.74) is 5.60. The molecule has 1 aromatic rings. The van der Waals surface area contributed by atoms with Crippen molar-refractivity contribution in [2.45, 2.75) is 11.0 Å². The second-order valence-electron chi connectivity index (χ2n) is 2.14. The zero-order valence-corrected chi connectivity index (χ0v) is 9.83. The van der Waals surface area contributed by atoms with E-state index in [0.29, 0.717) is 17.4 Å². The first-order chi connectivity index (χ1) is 5.35. The molecular weight excluding hydrogens is 192 g/mol. The molecule has 0 aromatic heterocycles. The maximum atomic E-state index is 3.97. The van der Waals surface area contributed by atoms with Gasteiger partial charge in [0.1, 0.15) is 0 Å². The SMILES string of the molecule is C[N-]c1ccccc1.[CH3][Ga+][CH3]. The Labute approximate surface area is 77.0 Å². The Morgan fingerprint density at radius 3 is 1.82 bits per heavy atom. The van der Waals surface area contributed by atoms with Gasteiger partial charge in [0.05, 0.1) is 0 Å². The summed E-state index contributed by atoms with van der Waals surface area (Å²) in [6, 6.07) is 9.87. The summed E-state index contributed by atoms with van der Waals surface area (Å²) in [7, 11) is 1.79. The molecule has 1 rings (SSSR count). The summed E-state index contributed by atoms with van der Waals surface area (Å²) in [5.74, 6) is 0. The van der Waals surface area contributed by atoms with E-state index in [0.717, 1.165) is 5.69 Å². The van der Waals surface area contributed by atoms with Crippen molar-refractivity contribution < 1.29 is 0 Å². The van der Waals surface area contributed by atoms with Crippen LogP contribution in [0.4, 0.5) is 5.69 Å². The van der Waals surface area contributed by atoms with Gasteiger partial charge in [-0.05, 0) is 0 Å². The van der Waals surface area contributed by atoms with Gasteiger partial charge in [0.2, 0.25) is 0 Å². The fourth-order valence-electron chi connectivity index (χ4n) is 0.577. The molecule has 0 fully saturated rings. The molecule has 0 aliphatic carbocycles. The van der Waals surface area contributed by atoms with Crippen molar-refractivity contribution >= 4 is 23.1 Å². The first kappa shape index (κ1) is 10.7. The van der Waals surface area contributed by atoms with Gasteiger partial charge < -0.3 is 5.32 Å². The van der Waals surface area contributed by atoms with Crippen LogP contribution in [-0.4, -0.2) is 24.5 Å². The molecule has 1 nitrogen and oxygen atoms in total. The number of para-hydroxylation sites is 1. The summed E-state index contributed by atoms with van der Waals surface area (Å²) in [6.45, 7) is 0. The molecule has 0 saturated carbocycles. The Kier molecular flexibility index (Phi) is 7.52. The molecule has 1 aromatic carbocycles. The number of rotatable bonds is 1. The quantitative estimate of drug-likeness (QED) is 0.626. The molecule has 0 amide bonds. The summed E-state index contributed by atoms with van der Waals surface area (Å²) in [4.78, 5) is 0. The Bertz CT molecular complexity index is 162. The van der Waals surface area contributed by atoms with Crippen LogP contribution in [-0.2, 0) is 0 Å². The minimum atomic E-state index is 0.312. The van der Waals surface area contributed by atoms with Gasteiger partial charge in [0, 0.05) is 0 Å². The van der Waals surface area contributed by atoms with Crippen LogP contribution < -0.4 is 0 Å². The predicted octanol–water partition coefficient (Wildman–Crippen LogP) is 3.11. The van der Waals surface area contributed by atoms with Gasteiger partial charge in [0.15, 0.2) is 0 Å². The van der Waals surface area contributed by atoms with Gasteiger partial charge in [-0.15, -0.1) is 12.7 Å². The van der Waals surface area contributed by atoms with Crippen molar-refractivity contribution in [3.63, 3.8) is 0 Å². The van der Waals surface area contributed by atoms with E-state index in [-0.39, 0.29) is 0 Å². The fourth-order valence-corrected chi connectivity index (χ4v) is 0.577. The summed E-state index contributed by atoms with van der Waals surface area (Å²) in [5, 5.41) is 3.97. The molecule has 58 valence electrons. The normalized spacial score (nSPS) is 7.18. The first-order valence-electron chi connectivity index (χ1n) is 3.74. The van der Waals surface area contributed by atoms with Gasteiger partial charge in [-0.25, -0.2) is 0 Å². The van der Waals surface area contributed by atoms with Gasteiger partial charge in [-0.2, -0.15) is 0 Å². The van der Waals surface area contributed by atoms with Crippen molar-refractivity contribution in [2.24, 2.45) is 0 Å². The minimum absolute atomic E-state index is 0.312. The summed E-state index contributed by atoms with van der Waals surface area (Å²) < 4.78 is 0. The van der Waals surface area contributed by atoms with E-state index in [2.05, 4.69) is 16.3 Å².